The Morgan fingerprint density at radius 1 is 0.425 bits per heavy atom. The van der Waals surface area contributed by atoms with Crippen molar-refractivity contribution in [1.82, 2.24) is 36.0 Å². The molecule has 0 unspecified atom stereocenters. The molecule has 4 N–H and O–H groups in total. The zero-order valence-corrected chi connectivity index (χ0v) is 27.7. The summed E-state index contributed by atoms with van der Waals surface area (Å²) in [5, 5.41) is 13.4. The molecule has 0 radical (unpaired) electrons. The molecule has 0 aliphatic carbocycles. The molecule has 40 heavy (non-hydrogen) atoms. The molecule has 0 atom stereocenters. The minimum Gasteiger partial charge on any atom is -0.320 e. The first kappa shape index (κ1) is 37.7. The number of nitrogens with zero attached hydrogens (tertiary/aromatic N) is 3. The highest BCUT2D eigenvalue weighted by Crippen LogP contribution is 2.22. The number of rotatable bonds is 16. The second kappa shape index (κ2) is 28.8. The Morgan fingerprint density at radius 2 is 0.725 bits per heavy atom. The van der Waals surface area contributed by atoms with Crippen LogP contribution < -0.4 is 21.3 Å². The van der Waals surface area contributed by atoms with E-state index in [1.807, 2.05) is 0 Å². The Labute approximate surface area is 251 Å². The van der Waals surface area contributed by atoms with Crippen molar-refractivity contribution in [2.75, 3.05) is 113 Å². The average molecular weight is 568 g/mol. The van der Waals surface area contributed by atoms with Crippen LogP contribution in [-0.2, 0) is 0 Å². The lowest BCUT2D eigenvalue weighted by atomic mass is 9.91. The molecule has 7 nitrogen and oxygen atoms in total. The molecule has 7 heteroatoms. The molecule has 1 saturated heterocycles. The van der Waals surface area contributed by atoms with E-state index in [2.05, 4.69) is 64.2 Å². The summed E-state index contributed by atoms with van der Waals surface area (Å²) in [6.45, 7) is 16.0. The van der Waals surface area contributed by atoms with Crippen molar-refractivity contribution >= 4 is 0 Å². The van der Waals surface area contributed by atoms with Crippen molar-refractivity contribution < 1.29 is 0 Å². The van der Waals surface area contributed by atoms with Gasteiger partial charge in [-0.15, -0.1) is 0 Å². The molecule has 0 amide bonds. The molecule has 240 valence electrons. The molecule has 0 aromatic rings. The van der Waals surface area contributed by atoms with Crippen molar-refractivity contribution in [2.45, 2.75) is 96.3 Å². The van der Waals surface area contributed by atoms with E-state index in [4.69, 9.17) is 0 Å². The smallest absolute Gasteiger partial charge is 0.000664 e. The van der Waals surface area contributed by atoms with Crippen LogP contribution in [0.25, 0.3) is 0 Å². The molecule has 1 aliphatic heterocycles. The topological polar surface area (TPSA) is 57.8 Å². The molecule has 1 heterocycles. The van der Waals surface area contributed by atoms with Gasteiger partial charge in [0.1, 0.15) is 0 Å². The Hall–Kier alpha value is -0.280. The Bertz CT molecular complexity index is 395. The first-order chi connectivity index (χ1) is 19.7. The van der Waals surface area contributed by atoms with E-state index in [-0.39, 0.29) is 0 Å². The van der Waals surface area contributed by atoms with Crippen LogP contribution in [0.3, 0.4) is 0 Å². The molecule has 1 rings (SSSR count). The first-order valence-electron chi connectivity index (χ1n) is 17.5. The summed E-state index contributed by atoms with van der Waals surface area (Å²) >= 11 is 0. The lowest BCUT2D eigenvalue weighted by molar-refractivity contribution is 0.218. The summed E-state index contributed by atoms with van der Waals surface area (Å²) in [6.07, 6.45) is 20.3. The molecular weight excluding hydrogens is 494 g/mol. The summed E-state index contributed by atoms with van der Waals surface area (Å²) in [7, 11) is 8.35. The van der Waals surface area contributed by atoms with E-state index >= 15 is 0 Å². The summed E-state index contributed by atoms with van der Waals surface area (Å²) in [6, 6.07) is 0. The Morgan fingerprint density at radius 3 is 1.05 bits per heavy atom. The fourth-order valence-corrected chi connectivity index (χ4v) is 6.32. The fraction of sp³-hybridized carbons (Fsp3) is 1.00. The monoisotopic (exact) mass is 568 g/mol. The number of nitrogens with one attached hydrogen (secondary N) is 4. The first-order valence-corrected chi connectivity index (χ1v) is 17.5. The summed E-state index contributed by atoms with van der Waals surface area (Å²) in [4.78, 5) is 8.32. The third-order valence-corrected chi connectivity index (χ3v) is 8.81. The van der Waals surface area contributed by atoms with Gasteiger partial charge in [-0.1, -0.05) is 25.7 Å². The molecule has 0 bridgehead atoms. The van der Waals surface area contributed by atoms with E-state index in [1.165, 1.54) is 162 Å². The van der Waals surface area contributed by atoms with Gasteiger partial charge >= 0.3 is 0 Å². The molecule has 0 aromatic carbocycles. The van der Waals surface area contributed by atoms with Gasteiger partial charge in [-0.25, -0.2) is 0 Å². The average Bonchev–Trinajstić information content (AvgIpc) is 2.96. The summed E-state index contributed by atoms with van der Waals surface area (Å²) in [5.74, 6) is 0.920. The van der Waals surface area contributed by atoms with E-state index < -0.39 is 0 Å². The van der Waals surface area contributed by atoms with Gasteiger partial charge < -0.3 is 36.0 Å². The van der Waals surface area contributed by atoms with Crippen LogP contribution in [0.4, 0.5) is 0 Å². The highest BCUT2D eigenvalue weighted by molar-refractivity contribution is 4.68. The number of hydrogen-bond acceptors (Lipinski definition) is 7. The van der Waals surface area contributed by atoms with Crippen LogP contribution in [0.5, 0.6) is 0 Å². The van der Waals surface area contributed by atoms with Crippen molar-refractivity contribution in [3.63, 3.8) is 0 Å². The number of hydrogen-bond donors (Lipinski definition) is 4. The van der Waals surface area contributed by atoms with Gasteiger partial charge in [0, 0.05) is 0 Å². The quantitative estimate of drug-likeness (QED) is 0.208. The second-order valence-corrected chi connectivity index (χ2v) is 12.4. The van der Waals surface area contributed by atoms with Crippen molar-refractivity contribution in [3.05, 3.63) is 0 Å². The van der Waals surface area contributed by atoms with Crippen LogP contribution in [0, 0.1) is 5.92 Å². The maximum atomic E-state index is 3.37. The van der Waals surface area contributed by atoms with Crippen molar-refractivity contribution in [1.29, 1.82) is 0 Å². The zero-order valence-electron chi connectivity index (χ0n) is 27.7. The zero-order chi connectivity index (χ0) is 28.9. The molecule has 0 spiro atoms. The third-order valence-electron chi connectivity index (χ3n) is 8.81. The Balaban J connectivity index is 2.74. The van der Waals surface area contributed by atoms with E-state index in [0.29, 0.717) is 0 Å². The maximum absolute atomic E-state index is 3.37. The van der Waals surface area contributed by atoms with Crippen molar-refractivity contribution in [3.8, 4) is 0 Å². The lowest BCUT2D eigenvalue weighted by Gasteiger charge is -2.26. The van der Waals surface area contributed by atoms with Crippen LogP contribution >= 0.6 is 0 Å². The Kier molecular flexibility index (Phi) is 27.2. The highest BCUT2D eigenvalue weighted by Gasteiger charge is 2.13. The van der Waals surface area contributed by atoms with Gasteiger partial charge in [-0.2, -0.15) is 0 Å². The highest BCUT2D eigenvalue weighted by atomic mass is 15.1. The van der Waals surface area contributed by atoms with Gasteiger partial charge in [0.05, 0.1) is 0 Å². The summed E-state index contributed by atoms with van der Waals surface area (Å²) < 4.78 is 0. The minimum absolute atomic E-state index is 0.920. The van der Waals surface area contributed by atoms with Crippen molar-refractivity contribution in [2.24, 2.45) is 5.92 Å². The normalized spacial score (nSPS) is 20.1. The maximum Gasteiger partial charge on any atom is -0.000664 e. The van der Waals surface area contributed by atoms with Crippen LogP contribution in [0.15, 0.2) is 0 Å². The van der Waals surface area contributed by atoms with Crippen LogP contribution in [0.2, 0.25) is 0 Å². The predicted octanol–water partition coefficient (Wildman–Crippen LogP) is 4.25. The van der Waals surface area contributed by atoms with Gasteiger partial charge in [-0.05, 0) is 190 Å². The van der Waals surface area contributed by atoms with E-state index in [0.717, 1.165) is 25.6 Å². The fourth-order valence-electron chi connectivity index (χ4n) is 6.32. The lowest BCUT2D eigenvalue weighted by Crippen LogP contribution is -2.32. The molecule has 0 saturated carbocycles. The van der Waals surface area contributed by atoms with Crippen LogP contribution in [0.1, 0.15) is 96.3 Å². The minimum atomic E-state index is 0.920. The van der Waals surface area contributed by atoms with E-state index in [9.17, 15) is 0 Å². The van der Waals surface area contributed by atoms with Gasteiger partial charge in [0.25, 0.3) is 0 Å². The molecular formula is C33H73N7. The van der Waals surface area contributed by atoms with Gasteiger partial charge in [-0.3, -0.25) is 0 Å². The van der Waals surface area contributed by atoms with Crippen LogP contribution in [-0.4, -0.2) is 128 Å². The predicted molar refractivity (Wildman–Crippen MR) is 178 cm³/mol. The SMILES string of the molecule is CNCCCC1CCCCN(CCCNC)CCCCN(CCCNC)CCCCN(CCCNC)CCCC1. The second-order valence-electron chi connectivity index (χ2n) is 12.4. The molecule has 0 aromatic heterocycles. The largest absolute Gasteiger partial charge is 0.320 e. The molecule has 1 fully saturated rings. The van der Waals surface area contributed by atoms with Gasteiger partial charge in [0.2, 0.25) is 0 Å². The summed E-state index contributed by atoms with van der Waals surface area (Å²) in [5.41, 5.74) is 0. The van der Waals surface area contributed by atoms with Gasteiger partial charge in [0.15, 0.2) is 0 Å². The third kappa shape index (κ3) is 22.3. The standard InChI is InChI=1S/C33H73N7/c1-34-20-13-19-33-17-5-7-24-38(30-14-21-35-2)26-9-11-28-40(32-16-23-37-4)29-12-10-27-39(25-8-6-18-33)31-15-22-36-3/h33-37H,5-32H2,1-4H3. The molecule has 1 aliphatic rings. The van der Waals surface area contributed by atoms with E-state index in [1.54, 1.807) is 0 Å².